The number of carboxylic acids is 1. The molecule has 0 unspecified atom stereocenters. The lowest BCUT2D eigenvalue weighted by molar-refractivity contribution is -0.135. The molecule has 3 N–H and O–H groups in total. The molecule has 5 nitrogen and oxygen atoms in total. The number of rotatable bonds is 4. The van der Waals surface area contributed by atoms with Crippen LogP contribution in [0.4, 0.5) is 0 Å². The number of aliphatic carboxylic acids is 1. The van der Waals surface area contributed by atoms with Gasteiger partial charge in [0.15, 0.2) is 5.78 Å². The molecule has 0 bridgehead atoms. The van der Waals surface area contributed by atoms with Gasteiger partial charge >= 0.3 is 5.97 Å². The van der Waals surface area contributed by atoms with Crippen molar-refractivity contribution in [1.82, 2.24) is 0 Å². The minimum atomic E-state index is -1.48. The number of allylic oxidation sites excluding steroid dienone is 3. The molecule has 5 heteroatoms. The van der Waals surface area contributed by atoms with Crippen molar-refractivity contribution in [3.05, 3.63) is 53.8 Å². The summed E-state index contributed by atoms with van der Waals surface area (Å²) in [5.74, 6) is -3.00. The van der Waals surface area contributed by atoms with E-state index in [0.29, 0.717) is 0 Å². The molecule has 0 atom stereocenters. The van der Waals surface area contributed by atoms with Crippen LogP contribution in [0.3, 0.4) is 0 Å². The summed E-state index contributed by atoms with van der Waals surface area (Å²) in [6, 6.07) is 5.96. The first-order valence-electron chi connectivity index (χ1n) is 4.65. The second kappa shape index (κ2) is 5.50. The van der Waals surface area contributed by atoms with E-state index in [1.807, 2.05) is 0 Å². The average Bonchev–Trinajstić information content (AvgIpc) is 2.29. The lowest BCUT2D eigenvalue weighted by Crippen LogP contribution is -1.98. The van der Waals surface area contributed by atoms with Gasteiger partial charge in [-0.3, -0.25) is 4.79 Å². The van der Waals surface area contributed by atoms with Crippen molar-refractivity contribution in [2.75, 3.05) is 0 Å². The second-order valence-corrected chi connectivity index (χ2v) is 3.10. The van der Waals surface area contributed by atoms with Gasteiger partial charge in [0, 0.05) is 0 Å². The highest BCUT2D eigenvalue weighted by Crippen LogP contribution is 2.16. The van der Waals surface area contributed by atoms with Crippen LogP contribution in [0.25, 0.3) is 0 Å². The molecule has 0 spiro atoms. The predicted molar refractivity (Wildman–Crippen MR) is 59.9 cm³/mol. The lowest BCUT2D eigenvalue weighted by atomic mass is 10.1. The highest BCUT2D eigenvalue weighted by Gasteiger charge is 2.06. The summed E-state index contributed by atoms with van der Waals surface area (Å²) in [5, 5.41) is 26.5. The summed E-state index contributed by atoms with van der Waals surface area (Å²) < 4.78 is 0. The van der Waals surface area contributed by atoms with E-state index in [2.05, 4.69) is 0 Å². The molecule has 0 fully saturated rings. The van der Waals surface area contributed by atoms with Gasteiger partial charge in [-0.2, -0.15) is 0 Å². The van der Waals surface area contributed by atoms with E-state index in [4.69, 9.17) is 10.2 Å². The van der Waals surface area contributed by atoms with Crippen LogP contribution in [0.2, 0.25) is 0 Å². The summed E-state index contributed by atoms with van der Waals surface area (Å²) in [7, 11) is 0. The fourth-order valence-corrected chi connectivity index (χ4v) is 1.07. The van der Waals surface area contributed by atoms with E-state index >= 15 is 0 Å². The molecule has 0 aliphatic rings. The minimum Gasteiger partial charge on any atom is -0.507 e. The molecule has 0 saturated carbocycles. The first kappa shape index (κ1) is 12.5. The molecule has 0 amide bonds. The van der Waals surface area contributed by atoms with Crippen molar-refractivity contribution in [3.63, 3.8) is 0 Å². The van der Waals surface area contributed by atoms with Crippen molar-refractivity contribution in [2.24, 2.45) is 0 Å². The van der Waals surface area contributed by atoms with Crippen molar-refractivity contribution in [1.29, 1.82) is 0 Å². The van der Waals surface area contributed by atoms with Gasteiger partial charge in [-0.1, -0.05) is 18.2 Å². The first-order chi connectivity index (χ1) is 8.02. The standard InChI is InChI=1S/C12H10O5/c13-9-5-2-1-4-8(9)10(14)6-3-7-11(15)12(16)17/h1-7,13,15H,(H,16,17)/b6-3-,11-7+. The fraction of sp³-hybridized carbons (Fsp3) is 0. The number of aliphatic hydroxyl groups excluding tert-OH is 1. The van der Waals surface area contributed by atoms with Gasteiger partial charge in [0.25, 0.3) is 0 Å². The number of hydrogen-bond donors (Lipinski definition) is 3. The number of hydrogen-bond acceptors (Lipinski definition) is 4. The van der Waals surface area contributed by atoms with Crippen molar-refractivity contribution in [3.8, 4) is 5.75 Å². The van der Waals surface area contributed by atoms with Crippen LogP contribution in [0.1, 0.15) is 10.4 Å². The molecule has 0 heterocycles. The molecule has 1 rings (SSSR count). The van der Waals surface area contributed by atoms with E-state index in [1.54, 1.807) is 12.1 Å². The number of aromatic hydroxyl groups is 1. The van der Waals surface area contributed by atoms with Gasteiger partial charge in [-0.15, -0.1) is 0 Å². The van der Waals surface area contributed by atoms with Crippen molar-refractivity contribution < 1.29 is 24.9 Å². The Morgan fingerprint density at radius 1 is 1.12 bits per heavy atom. The zero-order valence-electron chi connectivity index (χ0n) is 8.70. The Labute approximate surface area is 96.9 Å². The SMILES string of the molecule is O=C(O)/C(O)=C\C=C/C(=O)c1ccccc1O. The molecule has 1 aromatic carbocycles. The maximum atomic E-state index is 11.5. The van der Waals surface area contributed by atoms with Gasteiger partial charge < -0.3 is 15.3 Å². The zero-order valence-corrected chi connectivity index (χ0v) is 8.70. The Hall–Kier alpha value is -2.56. The normalized spacial score (nSPS) is 11.6. The number of para-hydroxylation sites is 1. The number of benzene rings is 1. The highest BCUT2D eigenvalue weighted by atomic mass is 16.4. The van der Waals surface area contributed by atoms with E-state index in [9.17, 15) is 14.7 Å². The molecule has 0 aliphatic heterocycles. The first-order valence-corrected chi connectivity index (χ1v) is 4.65. The van der Waals surface area contributed by atoms with Gasteiger partial charge in [0.05, 0.1) is 5.56 Å². The summed E-state index contributed by atoms with van der Waals surface area (Å²) in [4.78, 5) is 21.7. The lowest BCUT2D eigenvalue weighted by Gasteiger charge is -1.98. The summed E-state index contributed by atoms with van der Waals surface area (Å²) in [6.07, 6.45) is 3.02. The third-order valence-corrected chi connectivity index (χ3v) is 1.89. The maximum absolute atomic E-state index is 11.5. The van der Waals surface area contributed by atoms with Crippen LogP contribution in [0.15, 0.2) is 48.3 Å². The van der Waals surface area contributed by atoms with Crippen LogP contribution >= 0.6 is 0 Å². The molecular formula is C12H10O5. The molecule has 0 radical (unpaired) electrons. The number of carboxylic acid groups (broad SMARTS) is 1. The average molecular weight is 234 g/mol. The Morgan fingerprint density at radius 2 is 1.76 bits per heavy atom. The van der Waals surface area contributed by atoms with E-state index < -0.39 is 17.5 Å². The monoisotopic (exact) mass is 234 g/mol. The quantitative estimate of drug-likeness (QED) is 0.318. The molecule has 17 heavy (non-hydrogen) atoms. The van der Waals surface area contributed by atoms with Gasteiger partial charge in [-0.25, -0.2) is 4.79 Å². The largest absolute Gasteiger partial charge is 0.507 e. The van der Waals surface area contributed by atoms with Gasteiger partial charge in [0.2, 0.25) is 5.76 Å². The number of carbonyl (C=O) groups is 2. The van der Waals surface area contributed by atoms with Crippen LogP contribution in [-0.4, -0.2) is 27.1 Å². The number of ketones is 1. The van der Waals surface area contributed by atoms with Crippen LogP contribution in [-0.2, 0) is 4.79 Å². The molecular weight excluding hydrogens is 224 g/mol. The molecule has 1 aromatic rings. The molecule has 0 aromatic heterocycles. The minimum absolute atomic E-state index is 0.104. The third-order valence-electron chi connectivity index (χ3n) is 1.89. The Morgan fingerprint density at radius 3 is 2.35 bits per heavy atom. The van der Waals surface area contributed by atoms with E-state index in [1.165, 1.54) is 12.1 Å². The van der Waals surface area contributed by atoms with E-state index in [-0.39, 0.29) is 11.3 Å². The van der Waals surface area contributed by atoms with Gasteiger partial charge in [-0.05, 0) is 24.3 Å². The predicted octanol–water partition coefficient (Wildman–Crippen LogP) is 1.66. The number of carbonyl (C=O) groups excluding carboxylic acids is 1. The number of phenolic OH excluding ortho intramolecular Hbond substituents is 1. The summed E-state index contributed by atoms with van der Waals surface area (Å²) in [5.41, 5.74) is 0.104. The fourth-order valence-electron chi connectivity index (χ4n) is 1.07. The van der Waals surface area contributed by atoms with Crippen LogP contribution < -0.4 is 0 Å². The Balaban J connectivity index is 2.81. The topological polar surface area (TPSA) is 94.8 Å². The highest BCUT2D eigenvalue weighted by molar-refractivity contribution is 6.06. The van der Waals surface area contributed by atoms with Crippen LogP contribution in [0.5, 0.6) is 5.75 Å². The second-order valence-electron chi connectivity index (χ2n) is 3.10. The third kappa shape index (κ3) is 3.49. The van der Waals surface area contributed by atoms with Crippen molar-refractivity contribution >= 4 is 11.8 Å². The van der Waals surface area contributed by atoms with Crippen molar-refractivity contribution in [2.45, 2.75) is 0 Å². The molecule has 0 saturated heterocycles. The zero-order chi connectivity index (χ0) is 12.8. The molecule has 0 aliphatic carbocycles. The van der Waals surface area contributed by atoms with Crippen LogP contribution in [0, 0.1) is 0 Å². The Bertz CT molecular complexity index is 499. The maximum Gasteiger partial charge on any atom is 0.370 e. The van der Waals surface area contributed by atoms with E-state index in [0.717, 1.165) is 18.2 Å². The number of phenols is 1. The summed E-state index contributed by atoms with van der Waals surface area (Å²) in [6.45, 7) is 0. The van der Waals surface area contributed by atoms with Gasteiger partial charge in [0.1, 0.15) is 5.75 Å². The smallest absolute Gasteiger partial charge is 0.370 e. The molecule has 88 valence electrons. The number of aliphatic hydroxyl groups is 1. The Kier molecular flexibility index (Phi) is 4.05. The summed E-state index contributed by atoms with van der Waals surface area (Å²) >= 11 is 0.